The van der Waals surface area contributed by atoms with Crippen LogP contribution >= 0.6 is 11.3 Å². The Kier molecular flexibility index (Phi) is 5.40. The first-order valence-electron chi connectivity index (χ1n) is 14.5. The van der Waals surface area contributed by atoms with Gasteiger partial charge < -0.3 is 9.32 Å². The van der Waals surface area contributed by atoms with Crippen molar-refractivity contribution in [3.05, 3.63) is 152 Å². The largest absolute Gasteiger partial charge is 0.454 e. The summed E-state index contributed by atoms with van der Waals surface area (Å²) < 4.78 is 9.35. The Balaban J connectivity index is 1.48. The highest BCUT2D eigenvalue weighted by Crippen LogP contribution is 2.51. The number of benzene rings is 7. The third-order valence-corrected chi connectivity index (χ3v) is 9.67. The average Bonchev–Trinajstić information content (AvgIpc) is 3.65. The second kappa shape index (κ2) is 9.59. The first-order valence-corrected chi connectivity index (χ1v) is 15.3. The standard InChI is InChI=1S/C40H25NOS/c1-2-12-27(13-3-1)29-24-25-32-30-17-6-8-22-36(30)42-39(32)38(29)41(34-20-10-15-26-14-4-5-16-28(26)34)35-21-11-19-33-31-18-7-9-23-37(31)43-40(33)35/h1-25H. The van der Waals surface area contributed by atoms with Crippen LogP contribution in [0.4, 0.5) is 17.1 Å². The number of hydrogen-bond acceptors (Lipinski definition) is 3. The van der Waals surface area contributed by atoms with E-state index in [2.05, 4.69) is 150 Å². The van der Waals surface area contributed by atoms with Gasteiger partial charge in [-0.05, 0) is 41.3 Å². The minimum atomic E-state index is 0.883. The summed E-state index contributed by atoms with van der Waals surface area (Å²) >= 11 is 1.85. The molecule has 9 rings (SSSR count). The fourth-order valence-electron chi connectivity index (χ4n) is 6.53. The molecule has 9 aromatic rings. The number of hydrogen-bond donors (Lipinski definition) is 0. The highest BCUT2D eigenvalue weighted by molar-refractivity contribution is 7.26. The van der Waals surface area contributed by atoms with Crippen molar-refractivity contribution in [3.8, 4) is 11.1 Å². The SMILES string of the molecule is c1ccc(-c2ccc3c(oc4ccccc43)c2N(c2cccc3ccccc23)c2cccc3c2sc2ccccc23)cc1. The molecule has 0 bridgehead atoms. The number of nitrogens with zero attached hydrogens (tertiary/aromatic N) is 1. The van der Waals surface area contributed by atoms with Gasteiger partial charge in [0.2, 0.25) is 0 Å². The number of thiophene rings is 1. The number of para-hydroxylation sites is 1. The summed E-state index contributed by atoms with van der Waals surface area (Å²) in [5, 5.41) is 7.17. The van der Waals surface area contributed by atoms with E-state index in [0.29, 0.717) is 0 Å². The molecule has 0 N–H and O–H groups in total. The third kappa shape index (κ3) is 3.72. The van der Waals surface area contributed by atoms with Crippen molar-refractivity contribution in [2.45, 2.75) is 0 Å². The zero-order valence-corrected chi connectivity index (χ0v) is 24.0. The summed E-state index contributed by atoms with van der Waals surface area (Å²) in [5.74, 6) is 0. The van der Waals surface area contributed by atoms with Gasteiger partial charge in [0.05, 0.1) is 21.8 Å². The quantitative estimate of drug-likeness (QED) is 0.210. The van der Waals surface area contributed by atoms with Gasteiger partial charge in [0, 0.05) is 37.2 Å². The van der Waals surface area contributed by atoms with Gasteiger partial charge in [-0.1, -0.05) is 121 Å². The van der Waals surface area contributed by atoms with Crippen molar-refractivity contribution in [1.82, 2.24) is 0 Å². The van der Waals surface area contributed by atoms with Crippen molar-refractivity contribution < 1.29 is 4.42 Å². The fourth-order valence-corrected chi connectivity index (χ4v) is 7.74. The lowest BCUT2D eigenvalue weighted by Gasteiger charge is -2.29. The molecule has 2 aromatic heterocycles. The monoisotopic (exact) mass is 567 g/mol. The van der Waals surface area contributed by atoms with Crippen LogP contribution in [0.1, 0.15) is 0 Å². The normalized spacial score (nSPS) is 11.7. The lowest BCUT2D eigenvalue weighted by atomic mass is 9.98. The van der Waals surface area contributed by atoms with Crippen LogP contribution in [0.2, 0.25) is 0 Å². The van der Waals surface area contributed by atoms with E-state index in [4.69, 9.17) is 4.42 Å². The maximum absolute atomic E-state index is 6.81. The number of rotatable bonds is 4. The van der Waals surface area contributed by atoms with Crippen LogP contribution in [0.15, 0.2) is 156 Å². The molecule has 0 aliphatic heterocycles. The summed E-state index contributed by atoms with van der Waals surface area (Å²) in [7, 11) is 0. The van der Waals surface area contributed by atoms with Crippen LogP contribution in [-0.2, 0) is 0 Å². The van der Waals surface area contributed by atoms with Crippen LogP contribution in [-0.4, -0.2) is 0 Å². The number of anilines is 3. The van der Waals surface area contributed by atoms with Crippen LogP contribution in [0.5, 0.6) is 0 Å². The van der Waals surface area contributed by atoms with Crippen molar-refractivity contribution in [1.29, 1.82) is 0 Å². The maximum Gasteiger partial charge on any atom is 0.160 e. The van der Waals surface area contributed by atoms with Gasteiger partial charge in [0.15, 0.2) is 5.58 Å². The molecule has 0 saturated carbocycles. The molecule has 0 amide bonds. The van der Waals surface area contributed by atoms with Crippen LogP contribution in [0.3, 0.4) is 0 Å². The molecule has 0 spiro atoms. The molecule has 0 radical (unpaired) electrons. The summed E-state index contributed by atoms with van der Waals surface area (Å²) in [6, 6.07) is 54.2. The minimum Gasteiger partial charge on any atom is -0.454 e. The molecule has 3 heteroatoms. The first kappa shape index (κ1) is 24.2. The van der Waals surface area contributed by atoms with E-state index in [9.17, 15) is 0 Å². The zero-order chi connectivity index (χ0) is 28.3. The summed E-state index contributed by atoms with van der Waals surface area (Å²) in [5.41, 5.74) is 7.34. The van der Waals surface area contributed by atoms with Crippen LogP contribution in [0, 0.1) is 0 Å². The Hall–Kier alpha value is -5.38. The number of furan rings is 1. The Morgan fingerprint density at radius 3 is 2.05 bits per heavy atom. The van der Waals surface area contributed by atoms with Gasteiger partial charge >= 0.3 is 0 Å². The number of fused-ring (bicyclic) bond motifs is 7. The molecule has 202 valence electrons. The van der Waals surface area contributed by atoms with Crippen LogP contribution < -0.4 is 4.90 Å². The van der Waals surface area contributed by atoms with E-state index < -0.39 is 0 Å². The molecular weight excluding hydrogens is 543 g/mol. The third-order valence-electron chi connectivity index (χ3n) is 8.46. The predicted molar refractivity (Wildman–Crippen MR) is 184 cm³/mol. The van der Waals surface area contributed by atoms with E-state index >= 15 is 0 Å². The first-order chi connectivity index (χ1) is 21.3. The Morgan fingerprint density at radius 1 is 0.465 bits per heavy atom. The lowest BCUT2D eigenvalue weighted by Crippen LogP contribution is -2.12. The summed E-state index contributed by atoms with van der Waals surface area (Å²) in [6.45, 7) is 0. The predicted octanol–water partition coefficient (Wildman–Crippen LogP) is 12.2. The topological polar surface area (TPSA) is 16.4 Å². The van der Waals surface area contributed by atoms with E-state index in [1.807, 2.05) is 17.4 Å². The average molecular weight is 568 g/mol. The molecule has 2 nitrogen and oxygen atoms in total. The van der Waals surface area contributed by atoms with Gasteiger partial charge in [-0.25, -0.2) is 0 Å². The summed E-state index contributed by atoms with van der Waals surface area (Å²) in [6.07, 6.45) is 0. The molecule has 2 heterocycles. The second-order valence-electron chi connectivity index (χ2n) is 10.9. The Labute approximate surface area is 252 Å². The van der Waals surface area contributed by atoms with Gasteiger partial charge in [-0.2, -0.15) is 0 Å². The van der Waals surface area contributed by atoms with Gasteiger partial charge in [-0.3, -0.25) is 0 Å². The van der Waals surface area contributed by atoms with E-state index in [0.717, 1.165) is 50.1 Å². The van der Waals surface area contributed by atoms with E-state index in [1.165, 1.54) is 30.9 Å². The Bertz CT molecular complexity index is 2460. The van der Waals surface area contributed by atoms with Gasteiger partial charge in [-0.15, -0.1) is 11.3 Å². The Morgan fingerprint density at radius 2 is 1.14 bits per heavy atom. The zero-order valence-electron chi connectivity index (χ0n) is 23.2. The molecule has 0 atom stereocenters. The summed E-state index contributed by atoms with van der Waals surface area (Å²) in [4.78, 5) is 2.45. The maximum atomic E-state index is 6.81. The molecule has 0 unspecified atom stereocenters. The van der Waals surface area contributed by atoms with Crippen molar-refractivity contribution in [3.63, 3.8) is 0 Å². The second-order valence-corrected chi connectivity index (χ2v) is 11.9. The highest BCUT2D eigenvalue weighted by Gasteiger charge is 2.26. The van der Waals surface area contributed by atoms with E-state index in [-0.39, 0.29) is 0 Å². The van der Waals surface area contributed by atoms with E-state index in [1.54, 1.807) is 0 Å². The smallest absolute Gasteiger partial charge is 0.160 e. The molecular formula is C40H25NOS. The molecule has 0 saturated heterocycles. The molecule has 0 fully saturated rings. The fraction of sp³-hybridized carbons (Fsp3) is 0. The molecule has 7 aromatic carbocycles. The molecule has 0 aliphatic carbocycles. The highest BCUT2D eigenvalue weighted by atomic mass is 32.1. The lowest BCUT2D eigenvalue weighted by molar-refractivity contribution is 0.669. The van der Waals surface area contributed by atoms with Gasteiger partial charge in [0.1, 0.15) is 5.58 Å². The minimum absolute atomic E-state index is 0.883. The molecule has 43 heavy (non-hydrogen) atoms. The van der Waals surface area contributed by atoms with Gasteiger partial charge in [0.25, 0.3) is 0 Å². The van der Waals surface area contributed by atoms with Crippen molar-refractivity contribution >= 4 is 81.3 Å². The van der Waals surface area contributed by atoms with Crippen molar-refractivity contribution in [2.75, 3.05) is 4.90 Å². The molecule has 0 aliphatic rings. The van der Waals surface area contributed by atoms with Crippen LogP contribution in [0.25, 0.3) is 64.0 Å². The van der Waals surface area contributed by atoms with Crippen molar-refractivity contribution in [2.24, 2.45) is 0 Å².